The maximum Gasteiger partial charge on any atom is 0.197 e. The lowest BCUT2D eigenvalue weighted by molar-refractivity contribution is 1.18. The maximum atomic E-state index is 5.36. The summed E-state index contributed by atoms with van der Waals surface area (Å²) in [5.74, 6) is 0. The number of halogens is 1. The van der Waals surface area contributed by atoms with Crippen molar-refractivity contribution in [2.24, 2.45) is 0 Å². The molecule has 0 fully saturated rings. The summed E-state index contributed by atoms with van der Waals surface area (Å²) in [6.45, 7) is 0. The number of rotatable bonds is 2. The Balaban J connectivity index is 2.75. The highest BCUT2D eigenvalue weighted by Crippen LogP contribution is 2.12. The van der Waals surface area contributed by atoms with Crippen molar-refractivity contribution in [2.45, 2.75) is 0 Å². The first kappa shape index (κ1) is 7.42. The molecule has 0 aliphatic carbocycles. The van der Waals surface area contributed by atoms with Crippen molar-refractivity contribution < 1.29 is 0 Å². The van der Waals surface area contributed by atoms with Crippen LogP contribution in [0.5, 0.6) is 0 Å². The van der Waals surface area contributed by atoms with Crippen LogP contribution in [0.3, 0.4) is 0 Å². The molecule has 1 aromatic rings. The Kier molecular flexibility index (Phi) is 2.57. The summed E-state index contributed by atoms with van der Waals surface area (Å²) in [6.07, 6.45) is 0. The highest BCUT2D eigenvalue weighted by atomic mass is 35.5. The van der Waals surface area contributed by atoms with Crippen LogP contribution in [-0.2, 0) is 0 Å². The first-order valence-electron chi connectivity index (χ1n) is 2.99. The van der Waals surface area contributed by atoms with Gasteiger partial charge >= 0.3 is 0 Å². The fraction of sp³-hybridized carbons (Fsp3) is 0.125. The molecule has 0 aliphatic heterocycles. The van der Waals surface area contributed by atoms with Crippen LogP contribution < -0.4 is 4.90 Å². The summed E-state index contributed by atoms with van der Waals surface area (Å²) in [5, 5.41) is 0. The van der Waals surface area contributed by atoms with E-state index in [1.54, 1.807) is 4.90 Å². The molecule has 0 amide bonds. The summed E-state index contributed by atoms with van der Waals surface area (Å²) in [5.41, 5.74) is 1.04. The molecule has 0 heterocycles. The predicted molar refractivity (Wildman–Crippen MR) is 43.9 cm³/mol. The minimum Gasteiger partial charge on any atom is -0.350 e. The van der Waals surface area contributed by atoms with Gasteiger partial charge in [0.15, 0.2) is 6.00 Å². The third kappa shape index (κ3) is 1.64. The number of anilines is 1. The van der Waals surface area contributed by atoms with E-state index in [-0.39, 0.29) is 0 Å². The molecule has 0 N–H and O–H groups in total. The largest absolute Gasteiger partial charge is 0.350 e. The van der Waals surface area contributed by atoms with E-state index in [0.29, 0.717) is 0 Å². The van der Waals surface area contributed by atoms with Crippen LogP contribution in [-0.4, -0.2) is 7.05 Å². The second kappa shape index (κ2) is 3.47. The fourth-order valence-corrected chi connectivity index (χ4v) is 0.798. The summed E-state index contributed by atoms with van der Waals surface area (Å²) >= 11 is 5.36. The minimum atomic E-state index is 1.04. The molecule has 0 saturated heterocycles. The Bertz CT molecular complexity index is 186. The number of nitrogens with zero attached hydrogens (tertiary/aromatic N) is 1. The zero-order chi connectivity index (χ0) is 7.40. The minimum absolute atomic E-state index is 1.04. The Morgan fingerprint density at radius 3 is 2.40 bits per heavy atom. The molecule has 1 nitrogen and oxygen atoms in total. The average Bonchev–Trinajstić information content (AvgIpc) is 2.05. The third-order valence-electron chi connectivity index (χ3n) is 1.27. The Labute approximate surface area is 66.2 Å². The number of para-hydroxylation sites is 1. The van der Waals surface area contributed by atoms with Gasteiger partial charge in [-0.2, -0.15) is 0 Å². The zero-order valence-electron chi connectivity index (χ0n) is 5.71. The number of hydrogen-bond acceptors (Lipinski definition) is 1. The van der Waals surface area contributed by atoms with Gasteiger partial charge in [0, 0.05) is 12.7 Å². The first-order chi connectivity index (χ1) is 4.84. The molecule has 0 atom stereocenters. The molecular weight excluding hydrogens is 146 g/mol. The predicted octanol–water partition coefficient (Wildman–Crippen LogP) is 2.36. The van der Waals surface area contributed by atoms with Gasteiger partial charge in [-0.25, -0.2) is 0 Å². The van der Waals surface area contributed by atoms with Gasteiger partial charge in [0.05, 0.1) is 0 Å². The number of benzene rings is 1. The van der Waals surface area contributed by atoms with Crippen LogP contribution in [0, 0.1) is 6.00 Å². The van der Waals surface area contributed by atoms with Crippen molar-refractivity contribution in [3.05, 3.63) is 36.3 Å². The molecule has 10 heavy (non-hydrogen) atoms. The SMILES string of the molecule is CN([C]Cl)c1ccccc1. The van der Waals surface area contributed by atoms with E-state index < -0.39 is 0 Å². The van der Waals surface area contributed by atoms with Crippen LogP contribution in [0.25, 0.3) is 0 Å². The number of hydrogen-bond donors (Lipinski definition) is 0. The average molecular weight is 154 g/mol. The maximum absolute atomic E-state index is 5.36. The van der Waals surface area contributed by atoms with Gasteiger partial charge in [-0.1, -0.05) is 29.8 Å². The van der Waals surface area contributed by atoms with Crippen molar-refractivity contribution in [3.63, 3.8) is 0 Å². The van der Waals surface area contributed by atoms with Crippen molar-refractivity contribution >= 4 is 17.3 Å². The highest BCUT2D eigenvalue weighted by Gasteiger charge is 1.95. The molecule has 52 valence electrons. The molecular formula is C8H8ClN. The van der Waals surface area contributed by atoms with Crippen LogP contribution in [0.2, 0.25) is 0 Å². The lowest BCUT2D eigenvalue weighted by atomic mass is 10.3. The van der Waals surface area contributed by atoms with Gasteiger partial charge in [0.1, 0.15) is 0 Å². The second-order valence-corrected chi connectivity index (χ2v) is 2.15. The summed E-state index contributed by atoms with van der Waals surface area (Å²) in [6, 6.07) is 12.3. The molecule has 0 saturated carbocycles. The second-order valence-electron chi connectivity index (χ2n) is 1.98. The molecule has 0 spiro atoms. The fourth-order valence-electron chi connectivity index (χ4n) is 0.700. The van der Waals surface area contributed by atoms with E-state index in [1.165, 1.54) is 0 Å². The molecule has 0 aliphatic rings. The molecule has 1 rings (SSSR count). The van der Waals surface area contributed by atoms with Gasteiger partial charge in [-0.3, -0.25) is 0 Å². The molecule has 0 aromatic heterocycles. The lowest BCUT2D eigenvalue weighted by Crippen LogP contribution is -2.08. The van der Waals surface area contributed by atoms with Crippen molar-refractivity contribution in [2.75, 3.05) is 11.9 Å². The smallest absolute Gasteiger partial charge is 0.197 e. The summed E-state index contributed by atoms with van der Waals surface area (Å²) in [4.78, 5) is 1.72. The van der Waals surface area contributed by atoms with E-state index in [0.717, 1.165) is 5.69 Å². The normalized spacial score (nSPS) is 9.40. The Morgan fingerprint density at radius 2 is 1.90 bits per heavy atom. The van der Waals surface area contributed by atoms with E-state index in [4.69, 9.17) is 11.6 Å². The quantitative estimate of drug-likeness (QED) is 0.466. The van der Waals surface area contributed by atoms with Gasteiger partial charge in [0.25, 0.3) is 0 Å². The summed E-state index contributed by atoms with van der Waals surface area (Å²) < 4.78 is 0. The van der Waals surface area contributed by atoms with Crippen LogP contribution in [0.15, 0.2) is 30.3 Å². The van der Waals surface area contributed by atoms with Crippen LogP contribution >= 0.6 is 11.6 Å². The molecule has 0 unspecified atom stereocenters. The summed E-state index contributed by atoms with van der Waals surface area (Å²) in [7, 11) is 1.85. The molecule has 1 aromatic carbocycles. The van der Waals surface area contributed by atoms with Gasteiger partial charge < -0.3 is 4.90 Å². The van der Waals surface area contributed by atoms with Crippen molar-refractivity contribution in [1.82, 2.24) is 0 Å². The third-order valence-corrected chi connectivity index (χ3v) is 1.52. The standard InChI is InChI=1S/C8H8ClN/c1-10(7-9)8-5-3-2-4-6-8/h2-6H,1H3. The van der Waals surface area contributed by atoms with E-state index in [1.807, 2.05) is 37.4 Å². The van der Waals surface area contributed by atoms with E-state index in [9.17, 15) is 0 Å². The van der Waals surface area contributed by atoms with Crippen LogP contribution in [0.1, 0.15) is 0 Å². The molecule has 2 heteroatoms. The first-order valence-corrected chi connectivity index (χ1v) is 3.37. The van der Waals surface area contributed by atoms with Crippen molar-refractivity contribution in [1.29, 1.82) is 0 Å². The Morgan fingerprint density at radius 1 is 1.30 bits per heavy atom. The monoisotopic (exact) mass is 153 g/mol. The van der Waals surface area contributed by atoms with Gasteiger partial charge in [-0.15, -0.1) is 0 Å². The van der Waals surface area contributed by atoms with Crippen molar-refractivity contribution in [3.8, 4) is 0 Å². The molecule has 0 bridgehead atoms. The topological polar surface area (TPSA) is 3.24 Å². The van der Waals surface area contributed by atoms with E-state index >= 15 is 0 Å². The lowest BCUT2D eigenvalue weighted by Gasteiger charge is -2.12. The molecule has 2 radical (unpaired) electrons. The highest BCUT2D eigenvalue weighted by molar-refractivity contribution is 6.24. The van der Waals surface area contributed by atoms with Gasteiger partial charge in [-0.05, 0) is 12.1 Å². The zero-order valence-corrected chi connectivity index (χ0v) is 6.47. The van der Waals surface area contributed by atoms with E-state index in [2.05, 4.69) is 6.00 Å². The van der Waals surface area contributed by atoms with Gasteiger partial charge in [0.2, 0.25) is 0 Å². The Hall–Kier alpha value is -0.690. The van der Waals surface area contributed by atoms with Crippen LogP contribution in [0.4, 0.5) is 5.69 Å².